The zero-order valence-electron chi connectivity index (χ0n) is 20.7. The molecule has 8 heteroatoms. The summed E-state index contributed by atoms with van der Waals surface area (Å²) in [5.74, 6) is -2.28. The fourth-order valence-electron chi connectivity index (χ4n) is 6.24. The Morgan fingerprint density at radius 3 is 2.60 bits per heavy atom. The molecule has 35 heavy (non-hydrogen) atoms. The summed E-state index contributed by atoms with van der Waals surface area (Å²) in [6.07, 6.45) is 7.33. The maximum Gasteiger partial charge on any atom is 0.253 e. The minimum atomic E-state index is -1.28. The minimum Gasteiger partial charge on any atom is -0.394 e. The van der Waals surface area contributed by atoms with Crippen LogP contribution in [-0.2, 0) is 19.1 Å². The first-order chi connectivity index (χ1) is 16.7. The number of benzene rings is 1. The summed E-state index contributed by atoms with van der Waals surface area (Å²) in [5, 5.41) is 10.2. The van der Waals surface area contributed by atoms with E-state index in [0.717, 1.165) is 16.8 Å². The molecule has 4 aliphatic heterocycles. The van der Waals surface area contributed by atoms with Gasteiger partial charge in [-0.1, -0.05) is 43.4 Å². The van der Waals surface area contributed by atoms with E-state index >= 15 is 0 Å². The van der Waals surface area contributed by atoms with Crippen molar-refractivity contribution in [2.45, 2.75) is 51.0 Å². The largest absolute Gasteiger partial charge is 0.394 e. The lowest BCUT2D eigenvalue weighted by Gasteiger charge is -2.38. The third-order valence-electron chi connectivity index (χ3n) is 8.03. The molecule has 2 saturated heterocycles. The van der Waals surface area contributed by atoms with E-state index in [9.17, 15) is 19.5 Å². The quantitative estimate of drug-likeness (QED) is 0.663. The van der Waals surface area contributed by atoms with E-state index in [4.69, 9.17) is 4.74 Å². The maximum atomic E-state index is 14.4. The number of likely N-dealkylation sites (tertiary alicyclic amines) is 1. The second kappa shape index (κ2) is 8.60. The number of aliphatic hydroxyl groups is 1. The lowest BCUT2D eigenvalue weighted by atomic mass is 9.77. The van der Waals surface area contributed by atoms with Crippen LogP contribution in [0.2, 0.25) is 0 Å². The molecule has 5 rings (SSSR count). The van der Waals surface area contributed by atoms with Crippen molar-refractivity contribution in [1.29, 1.82) is 0 Å². The molecule has 0 aromatic heterocycles. The Hall–Kier alpha value is -2.97. The predicted molar refractivity (Wildman–Crippen MR) is 131 cm³/mol. The Balaban J connectivity index is 1.67. The van der Waals surface area contributed by atoms with Gasteiger partial charge in [0.2, 0.25) is 11.8 Å². The number of nitrogens with zero attached hydrogens (tertiary/aromatic N) is 3. The van der Waals surface area contributed by atoms with E-state index in [-0.39, 0.29) is 24.3 Å². The summed E-state index contributed by atoms with van der Waals surface area (Å²) in [6.45, 7) is 6.31. The van der Waals surface area contributed by atoms with Gasteiger partial charge in [0.25, 0.3) is 5.91 Å². The number of aliphatic hydroxyl groups excluding tert-OH is 1. The topological polar surface area (TPSA) is 90.4 Å². The Morgan fingerprint density at radius 1 is 1.11 bits per heavy atom. The standard InChI is InChI=1S/C27H33N3O5/c1-5-18(15-31)30-23-26(34)29(19-14-16(2)9-10-17(19)3)13-7-11-27(23)22(25(30)33)21-20(35-27)8-6-12-28(4)24(21)32/h6-11,14,18,20-23,31H,5,12-13,15H2,1-4H3/t18-,20-,21+,22-,23?,27-/m0/s1. The molecular formula is C27H33N3O5. The molecule has 0 radical (unpaired) electrons. The van der Waals surface area contributed by atoms with Crippen LogP contribution in [-0.4, -0.2) is 83.2 Å². The predicted octanol–water partition coefficient (Wildman–Crippen LogP) is 1.59. The first-order valence-corrected chi connectivity index (χ1v) is 12.3. The van der Waals surface area contributed by atoms with Gasteiger partial charge in [-0.15, -0.1) is 0 Å². The third-order valence-corrected chi connectivity index (χ3v) is 8.03. The molecule has 186 valence electrons. The third kappa shape index (κ3) is 3.37. The van der Waals surface area contributed by atoms with E-state index in [1.165, 1.54) is 4.90 Å². The Morgan fingerprint density at radius 2 is 1.89 bits per heavy atom. The molecule has 1 aromatic rings. The summed E-state index contributed by atoms with van der Waals surface area (Å²) < 4.78 is 6.60. The van der Waals surface area contributed by atoms with Crippen molar-refractivity contribution >= 4 is 23.4 Å². The SMILES string of the molecule is CC[C@@H](CO)N1C(=O)[C@@H]2[C@@H]3C(=O)N(C)CC=C[C@@H]3O[C@@]23C=CCN(c2cc(C)ccc2C)C(=O)C13. The fraction of sp³-hybridized carbons (Fsp3) is 0.519. The molecule has 1 spiro atoms. The minimum absolute atomic E-state index is 0.163. The molecule has 4 heterocycles. The highest BCUT2D eigenvalue weighted by atomic mass is 16.5. The van der Waals surface area contributed by atoms with E-state index in [1.54, 1.807) is 16.8 Å². The number of amides is 3. The summed E-state index contributed by atoms with van der Waals surface area (Å²) in [7, 11) is 1.72. The van der Waals surface area contributed by atoms with E-state index in [1.807, 2.05) is 63.3 Å². The fourth-order valence-corrected chi connectivity index (χ4v) is 6.24. The van der Waals surface area contributed by atoms with Gasteiger partial charge in [0.1, 0.15) is 11.6 Å². The normalized spacial score (nSPS) is 32.9. The highest BCUT2D eigenvalue weighted by Crippen LogP contribution is 2.54. The van der Waals surface area contributed by atoms with Crippen molar-refractivity contribution < 1.29 is 24.2 Å². The van der Waals surface area contributed by atoms with Gasteiger partial charge >= 0.3 is 0 Å². The molecule has 0 saturated carbocycles. The molecule has 1 aromatic carbocycles. The highest BCUT2D eigenvalue weighted by Gasteiger charge is 2.72. The number of ether oxygens (including phenoxy) is 1. The van der Waals surface area contributed by atoms with Crippen molar-refractivity contribution in [2.24, 2.45) is 11.8 Å². The first kappa shape index (κ1) is 23.8. The second-order valence-electron chi connectivity index (χ2n) is 10.1. The monoisotopic (exact) mass is 479 g/mol. The van der Waals surface area contributed by atoms with Crippen LogP contribution in [0.3, 0.4) is 0 Å². The average Bonchev–Trinajstić information content (AvgIpc) is 3.16. The van der Waals surface area contributed by atoms with Crippen LogP contribution in [0.5, 0.6) is 0 Å². The number of fused-ring (bicyclic) bond motifs is 2. The lowest BCUT2D eigenvalue weighted by molar-refractivity contribution is -0.146. The molecule has 8 nitrogen and oxygen atoms in total. The molecule has 1 N–H and O–H groups in total. The van der Waals surface area contributed by atoms with Gasteiger partial charge in [-0.3, -0.25) is 14.4 Å². The average molecular weight is 480 g/mol. The molecule has 2 fully saturated rings. The molecule has 1 unspecified atom stereocenters. The van der Waals surface area contributed by atoms with Gasteiger partial charge in [0, 0.05) is 25.8 Å². The molecule has 6 atom stereocenters. The molecule has 0 bridgehead atoms. The van der Waals surface area contributed by atoms with Crippen LogP contribution in [0.4, 0.5) is 5.69 Å². The second-order valence-corrected chi connectivity index (χ2v) is 10.1. The van der Waals surface area contributed by atoms with E-state index in [2.05, 4.69) is 0 Å². The summed E-state index contributed by atoms with van der Waals surface area (Å²) >= 11 is 0. The Bertz CT molecular complexity index is 1130. The zero-order valence-corrected chi connectivity index (χ0v) is 20.7. The van der Waals surface area contributed by atoms with Gasteiger partial charge < -0.3 is 24.5 Å². The van der Waals surface area contributed by atoms with Crippen LogP contribution in [0.25, 0.3) is 0 Å². The maximum absolute atomic E-state index is 14.4. The number of hydrogen-bond donors (Lipinski definition) is 1. The van der Waals surface area contributed by atoms with Gasteiger partial charge in [-0.25, -0.2) is 0 Å². The van der Waals surface area contributed by atoms with Gasteiger partial charge in [0.15, 0.2) is 0 Å². The lowest BCUT2D eigenvalue weighted by Crippen LogP contribution is -2.58. The van der Waals surface area contributed by atoms with E-state index in [0.29, 0.717) is 19.5 Å². The van der Waals surface area contributed by atoms with Crippen molar-refractivity contribution in [3.63, 3.8) is 0 Å². The number of rotatable bonds is 4. The van der Waals surface area contributed by atoms with Gasteiger partial charge in [0.05, 0.1) is 30.6 Å². The summed E-state index contributed by atoms with van der Waals surface area (Å²) in [6, 6.07) is 4.42. The van der Waals surface area contributed by atoms with Gasteiger partial charge in [-0.2, -0.15) is 0 Å². The van der Waals surface area contributed by atoms with Crippen LogP contribution < -0.4 is 4.90 Å². The van der Waals surface area contributed by atoms with Crippen LogP contribution in [0.1, 0.15) is 24.5 Å². The number of aryl methyl sites for hydroxylation is 2. The Labute approximate surface area is 205 Å². The molecule has 0 aliphatic carbocycles. The van der Waals surface area contributed by atoms with Crippen molar-refractivity contribution in [1.82, 2.24) is 9.80 Å². The molecular weight excluding hydrogens is 446 g/mol. The first-order valence-electron chi connectivity index (χ1n) is 12.3. The van der Waals surface area contributed by atoms with Crippen LogP contribution >= 0.6 is 0 Å². The highest BCUT2D eigenvalue weighted by molar-refractivity contribution is 6.06. The van der Waals surface area contributed by atoms with Crippen LogP contribution in [0.15, 0.2) is 42.5 Å². The number of carbonyl (C=O) groups excluding carboxylic acids is 3. The number of anilines is 1. The molecule has 3 amide bonds. The van der Waals surface area contributed by atoms with Crippen LogP contribution in [0, 0.1) is 25.7 Å². The van der Waals surface area contributed by atoms with E-state index < -0.39 is 35.6 Å². The van der Waals surface area contributed by atoms with Gasteiger partial charge in [-0.05, 0) is 37.5 Å². The number of hydrogen-bond acceptors (Lipinski definition) is 5. The summed E-state index contributed by atoms with van der Waals surface area (Å²) in [5.41, 5.74) is 1.48. The smallest absolute Gasteiger partial charge is 0.253 e. The Kier molecular flexibility index (Phi) is 5.84. The van der Waals surface area contributed by atoms with Crippen molar-refractivity contribution in [2.75, 3.05) is 31.6 Å². The number of likely N-dealkylation sites (N-methyl/N-ethyl adjacent to an activating group) is 1. The van der Waals surface area contributed by atoms with Crippen molar-refractivity contribution in [3.05, 3.63) is 53.6 Å². The summed E-state index contributed by atoms with van der Waals surface area (Å²) in [4.78, 5) is 46.7. The number of carbonyl (C=O) groups is 3. The molecule has 4 aliphatic rings. The zero-order chi connectivity index (χ0) is 25.1. The van der Waals surface area contributed by atoms with Crippen molar-refractivity contribution in [3.8, 4) is 0 Å².